The highest BCUT2D eigenvalue weighted by Gasteiger charge is 2.23. The van der Waals surface area contributed by atoms with Gasteiger partial charge in [0.2, 0.25) is 0 Å². The molecule has 0 unspecified atom stereocenters. The minimum absolute atomic E-state index is 0.0383. The molecule has 1 aliphatic heterocycles. The smallest absolute Gasteiger partial charge is 0.251 e. The molecule has 0 atom stereocenters. The zero-order valence-electron chi connectivity index (χ0n) is 14.2. The van der Waals surface area contributed by atoms with Crippen molar-refractivity contribution in [1.29, 1.82) is 0 Å². The topological polar surface area (TPSA) is 86.8 Å². The fraction of sp³-hybridized carbons (Fsp3) is 0.333. The second-order valence-corrected chi connectivity index (χ2v) is 7.29. The number of fused-ring (bicyclic) bond motifs is 1. The molecule has 1 fully saturated rings. The monoisotopic (exact) mass is 414 g/mol. The van der Waals surface area contributed by atoms with Crippen LogP contribution in [0.3, 0.4) is 0 Å². The van der Waals surface area contributed by atoms with Gasteiger partial charge in [-0.05, 0) is 46.8 Å². The van der Waals surface area contributed by atoms with Crippen LogP contribution in [0.5, 0.6) is 0 Å². The van der Waals surface area contributed by atoms with E-state index in [4.69, 9.17) is 0 Å². The summed E-state index contributed by atoms with van der Waals surface area (Å²) in [6.45, 7) is 2.53. The lowest BCUT2D eigenvalue weighted by Gasteiger charge is -2.33. The van der Waals surface area contributed by atoms with E-state index in [1.165, 1.54) is 0 Å². The second kappa shape index (κ2) is 7.41. The normalized spacial score (nSPS) is 15.3. The lowest BCUT2D eigenvalue weighted by molar-refractivity contribution is 0.0945. The molecular formula is C18H19BrN6O. The van der Waals surface area contributed by atoms with Crippen LogP contribution >= 0.6 is 15.9 Å². The molecule has 1 saturated heterocycles. The van der Waals surface area contributed by atoms with Crippen LogP contribution in [0.25, 0.3) is 11.0 Å². The molecular weight excluding hydrogens is 396 g/mol. The van der Waals surface area contributed by atoms with E-state index in [1.54, 1.807) is 30.9 Å². The number of anilines is 1. The highest BCUT2D eigenvalue weighted by atomic mass is 79.9. The summed E-state index contributed by atoms with van der Waals surface area (Å²) in [6, 6.07) is 3.46. The predicted octanol–water partition coefficient (Wildman–Crippen LogP) is 2.76. The summed E-state index contributed by atoms with van der Waals surface area (Å²) in [7, 11) is 0. The van der Waals surface area contributed by atoms with E-state index in [9.17, 15) is 4.79 Å². The van der Waals surface area contributed by atoms with Crippen LogP contribution in [0, 0.1) is 5.92 Å². The fourth-order valence-corrected chi connectivity index (χ4v) is 3.82. The third-order valence-corrected chi connectivity index (χ3v) is 5.43. The number of amides is 1. The molecule has 4 rings (SSSR count). The molecule has 1 aliphatic rings. The zero-order chi connectivity index (χ0) is 17.9. The van der Waals surface area contributed by atoms with Crippen LogP contribution in [-0.4, -0.2) is 45.5 Å². The van der Waals surface area contributed by atoms with Crippen LogP contribution in [0.2, 0.25) is 0 Å². The van der Waals surface area contributed by atoms with Crippen molar-refractivity contribution in [2.45, 2.75) is 12.8 Å². The third kappa shape index (κ3) is 3.41. The first-order valence-electron chi connectivity index (χ1n) is 8.63. The molecule has 0 spiro atoms. The molecule has 134 valence electrons. The van der Waals surface area contributed by atoms with Gasteiger partial charge < -0.3 is 15.2 Å². The molecule has 1 amide bonds. The average molecular weight is 415 g/mol. The summed E-state index contributed by atoms with van der Waals surface area (Å²) in [5.41, 5.74) is 1.49. The van der Waals surface area contributed by atoms with Crippen molar-refractivity contribution in [1.82, 2.24) is 25.3 Å². The Bertz CT molecular complexity index is 904. The van der Waals surface area contributed by atoms with Crippen molar-refractivity contribution in [3.05, 3.63) is 47.1 Å². The number of rotatable bonds is 4. The Hall–Kier alpha value is -2.48. The van der Waals surface area contributed by atoms with Crippen molar-refractivity contribution < 1.29 is 4.79 Å². The highest BCUT2D eigenvalue weighted by molar-refractivity contribution is 9.10. The van der Waals surface area contributed by atoms with E-state index < -0.39 is 0 Å². The molecule has 4 heterocycles. The molecule has 3 aromatic heterocycles. The maximum absolute atomic E-state index is 12.2. The van der Waals surface area contributed by atoms with Crippen molar-refractivity contribution in [2.24, 2.45) is 5.92 Å². The molecule has 7 nitrogen and oxygen atoms in total. The van der Waals surface area contributed by atoms with Crippen LogP contribution in [-0.2, 0) is 0 Å². The zero-order valence-corrected chi connectivity index (χ0v) is 15.7. The standard InChI is InChI=1S/C18H19BrN6O/c19-14-10-21-16-15(14)17(24-11-23-16)25-7-3-12(4-8-25)9-22-18(26)13-1-5-20-6-2-13/h1-2,5-6,10-12H,3-4,7-9H2,(H,22,26)(H,21,23,24). The van der Waals surface area contributed by atoms with Gasteiger partial charge in [0.1, 0.15) is 17.8 Å². The summed E-state index contributed by atoms with van der Waals surface area (Å²) < 4.78 is 0.981. The summed E-state index contributed by atoms with van der Waals surface area (Å²) in [5, 5.41) is 4.06. The van der Waals surface area contributed by atoms with E-state index in [-0.39, 0.29) is 5.91 Å². The molecule has 2 N–H and O–H groups in total. The van der Waals surface area contributed by atoms with Crippen LogP contribution in [0.4, 0.5) is 5.82 Å². The Balaban J connectivity index is 1.35. The van der Waals surface area contributed by atoms with Gasteiger partial charge in [0.25, 0.3) is 5.91 Å². The Kier molecular flexibility index (Phi) is 4.83. The number of halogens is 1. The van der Waals surface area contributed by atoms with Crippen LogP contribution in [0.1, 0.15) is 23.2 Å². The first kappa shape index (κ1) is 17.0. The molecule has 0 saturated carbocycles. The lowest BCUT2D eigenvalue weighted by atomic mass is 9.96. The summed E-state index contributed by atoms with van der Waals surface area (Å²) in [6.07, 6.45) is 8.80. The van der Waals surface area contributed by atoms with Gasteiger partial charge in [-0.15, -0.1) is 0 Å². The molecule has 0 aliphatic carbocycles. The number of nitrogens with zero attached hydrogens (tertiary/aromatic N) is 4. The minimum Gasteiger partial charge on any atom is -0.356 e. The van der Waals surface area contributed by atoms with E-state index in [2.05, 4.69) is 46.1 Å². The van der Waals surface area contributed by atoms with Crippen molar-refractivity contribution >= 4 is 38.7 Å². The number of aromatic amines is 1. The number of carbonyl (C=O) groups is 1. The van der Waals surface area contributed by atoms with Crippen LogP contribution in [0.15, 0.2) is 41.5 Å². The summed E-state index contributed by atoms with van der Waals surface area (Å²) in [5.74, 6) is 1.40. The Morgan fingerprint density at radius 1 is 1.27 bits per heavy atom. The van der Waals surface area contributed by atoms with Gasteiger partial charge in [0, 0.05) is 48.3 Å². The molecule has 3 aromatic rings. The fourth-order valence-electron chi connectivity index (χ4n) is 3.34. The predicted molar refractivity (Wildman–Crippen MR) is 103 cm³/mol. The van der Waals surface area contributed by atoms with Gasteiger partial charge >= 0.3 is 0 Å². The van der Waals surface area contributed by atoms with E-state index >= 15 is 0 Å². The Morgan fingerprint density at radius 3 is 2.81 bits per heavy atom. The number of hydrogen-bond acceptors (Lipinski definition) is 5. The molecule has 0 radical (unpaired) electrons. The number of aromatic nitrogens is 4. The number of hydrogen-bond donors (Lipinski definition) is 2. The van der Waals surface area contributed by atoms with Crippen molar-refractivity contribution in [3.63, 3.8) is 0 Å². The molecule has 0 bridgehead atoms. The average Bonchev–Trinajstić information content (AvgIpc) is 3.08. The van der Waals surface area contributed by atoms with Gasteiger partial charge in [-0.2, -0.15) is 0 Å². The Morgan fingerprint density at radius 2 is 2.04 bits per heavy atom. The largest absolute Gasteiger partial charge is 0.356 e. The number of nitrogens with one attached hydrogen (secondary N) is 2. The van der Waals surface area contributed by atoms with Crippen molar-refractivity contribution in [3.8, 4) is 0 Å². The van der Waals surface area contributed by atoms with E-state index in [1.807, 2.05) is 6.20 Å². The maximum atomic E-state index is 12.2. The number of piperidine rings is 1. The summed E-state index contributed by atoms with van der Waals surface area (Å²) >= 11 is 3.57. The van der Waals surface area contributed by atoms with Crippen LogP contribution < -0.4 is 10.2 Å². The van der Waals surface area contributed by atoms with Crippen molar-refractivity contribution in [2.75, 3.05) is 24.5 Å². The molecule has 8 heteroatoms. The lowest BCUT2D eigenvalue weighted by Crippen LogP contribution is -2.39. The first-order chi connectivity index (χ1) is 12.7. The van der Waals surface area contributed by atoms with E-state index in [0.717, 1.165) is 47.3 Å². The number of carbonyl (C=O) groups excluding carboxylic acids is 1. The summed E-state index contributed by atoms with van der Waals surface area (Å²) in [4.78, 5) is 30.3. The molecule has 26 heavy (non-hydrogen) atoms. The minimum atomic E-state index is -0.0383. The second-order valence-electron chi connectivity index (χ2n) is 6.43. The number of pyridine rings is 1. The number of H-pyrrole nitrogens is 1. The first-order valence-corrected chi connectivity index (χ1v) is 9.42. The van der Waals surface area contributed by atoms with Gasteiger partial charge in [-0.25, -0.2) is 9.97 Å². The maximum Gasteiger partial charge on any atom is 0.251 e. The van der Waals surface area contributed by atoms with E-state index in [0.29, 0.717) is 18.0 Å². The quantitative estimate of drug-likeness (QED) is 0.685. The highest BCUT2D eigenvalue weighted by Crippen LogP contribution is 2.32. The molecule has 0 aromatic carbocycles. The van der Waals surface area contributed by atoms with Gasteiger partial charge in [-0.1, -0.05) is 0 Å². The van der Waals surface area contributed by atoms with Gasteiger partial charge in [0.05, 0.1) is 5.39 Å². The third-order valence-electron chi connectivity index (χ3n) is 4.81. The Labute approximate surface area is 159 Å². The van der Waals surface area contributed by atoms with Gasteiger partial charge in [-0.3, -0.25) is 9.78 Å². The van der Waals surface area contributed by atoms with Gasteiger partial charge in [0.15, 0.2) is 0 Å². The SMILES string of the molecule is O=C(NCC1CCN(c2ncnc3[nH]cc(Br)c23)CC1)c1ccncc1.